The fraction of sp³-hybridized carbons (Fsp3) is 0.529. The number of carbonyl (C=O) groups is 3. The molecule has 2 amide bonds. The van der Waals surface area contributed by atoms with Crippen molar-refractivity contribution < 1.29 is 23.5 Å². The Labute approximate surface area is 145 Å². The van der Waals surface area contributed by atoms with Crippen LogP contribution >= 0.6 is 0 Å². The number of pyridine rings is 1. The first-order chi connectivity index (χ1) is 11.6. The monoisotopic (exact) mass is 351 g/mol. The molecule has 0 bridgehead atoms. The summed E-state index contributed by atoms with van der Waals surface area (Å²) in [4.78, 5) is 41.2. The van der Waals surface area contributed by atoms with Crippen LogP contribution in [0.5, 0.6) is 0 Å². The molecule has 1 aliphatic rings. The number of likely N-dealkylation sites (tertiary alicyclic amines) is 1. The van der Waals surface area contributed by atoms with E-state index in [1.54, 1.807) is 26.8 Å². The predicted molar refractivity (Wildman–Crippen MR) is 89.1 cm³/mol. The number of anilines is 1. The van der Waals surface area contributed by atoms with E-state index in [1.807, 2.05) is 0 Å². The molecule has 1 aliphatic heterocycles. The predicted octanol–water partition coefficient (Wildman–Crippen LogP) is 2.57. The standard InChI is InChI=1S/C17H22FN3O4/c1-10(22)12-6-5-7-14(19-12)20-15(23)13-8-11(18)9-21(13)16(24)25-17(2,3)4/h5-7,11,13H,8-9H2,1-4H3,(H,19,20,23)/t11-,13+/m1/s1. The highest BCUT2D eigenvalue weighted by molar-refractivity contribution is 5.97. The fourth-order valence-corrected chi connectivity index (χ4v) is 2.47. The van der Waals surface area contributed by atoms with Gasteiger partial charge in [0.25, 0.3) is 0 Å². The second-order valence-electron chi connectivity index (χ2n) is 6.93. The number of alkyl halides is 1. The minimum Gasteiger partial charge on any atom is -0.444 e. The number of amides is 2. The summed E-state index contributed by atoms with van der Waals surface area (Å²) in [7, 11) is 0. The number of ketones is 1. The average molecular weight is 351 g/mol. The summed E-state index contributed by atoms with van der Waals surface area (Å²) in [6.07, 6.45) is -2.16. The Balaban J connectivity index is 2.12. The van der Waals surface area contributed by atoms with Crippen molar-refractivity contribution in [1.29, 1.82) is 0 Å². The van der Waals surface area contributed by atoms with Crippen molar-refractivity contribution >= 4 is 23.6 Å². The van der Waals surface area contributed by atoms with Gasteiger partial charge in [0.1, 0.15) is 29.3 Å². The number of Topliss-reactive ketones (excluding diaryl/α,β-unsaturated/α-hetero) is 1. The topological polar surface area (TPSA) is 88.6 Å². The molecule has 136 valence electrons. The highest BCUT2D eigenvalue weighted by Crippen LogP contribution is 2.24. The van der Waals surface area contributed by atoms with E-state index in [4.69, 9.17) is 4.74 Å². The third kappa shape index (κ3) is 4.98. The van der Waals surface area contributed by atoms with E-state index in [0.29, 0.717) is 0 Å². The summed E-state index contributed by atoms with van der Waals surface area (Å²) in [6.45, 7) is 6.25. The van der Waals surface area contributed by atoms with Crippen molar-refractivity contribution in [1.82, 2.24) is 9.88 Å². The van der Waals surface area contributed by atoms with Gasteiger partial charge in [-0.05, 0) is 32.9 Å². The van der Waals surface area contributed by atoms with E-state index in [9.17, 15) is 18.8 Å². The molecular formula is C17H22FN3O4. The Morgan fingerprint density at radius 2 is 2.00 bits per heavy atom. The highest BCUT2D eigenvalue weighted by Gasteiger charge is 2.41. The third-order valence-corrected chi connectivity index (χ3v) is 3.54. The number of hydrogen-bond acceptors (Lipinski definition) is 5. The van der Waals surface area contributed by atoms with Gasteiger partial charge in [-0.1, -0.05) is 6.07 Å². The first-order valence-electron chi connectivity index (χ1n) is 7.99. The van der Waals surface area contributed by atoms with Gasteiger partial charge in [-0.25, -0.2) is 14.2 Å². The van der Waals surface area contributed by atoms with Crippen molar-refractivity contribution in [2.45, 2.75) is 51.9 Å². The van der Waals surface area contributed by atoms with E-state index in [1.165, 1.54) is 19.1 Å². The van der Waals surface area contributed by atoms with Gasteiger partial charge in [-0.3, -0.25) is 14.5 Å². The van der Waals surface area contributed by atoms with Gasteiger partial charge in [0, 0.05) is 13.3 Å². The van der Waals surface area contributed by atoms with Crippen molar-refractivity contribution in [2.24, 2.45) is 0 Å². The largest absolute Gasteiger partial charge is 0.444 e. The molecule has 0 radical (unpaired) electrons. The van der Waals surface area contributed by atoms with Gasteiger partial charge in [-0.2, -0.15) is 0 Å². The minimum atomic E-state index is -1.31. The van der Waals surface area contributed by atoms with Crippen molar-refractivity contribution in [3.63, 3.8) is 0 Å². The first-order valence-corrected chi connectivity index (χ1v) is 7.99. The number of nitrogens with one attached hydrogen (secondary N) is 1. The average Bonchev–Trinajstić information content (AvgIpc) is 2.88. The number of nitrogens with zero attached hydrogens (tertiary/aromatic N) is 2. The number of carbonyl (C=O) groups excluding carboxylic acids is 3. The van der Waals surface area contributed by atoms with E-state index >= 15 is 0 Å². The summed E-state index contributed by atoms with van der Waals surface area (Å²) < 4.78 is 19.0. The van der Waals surface area contributed by atoms with Gasteiger partial charge < -0.3 is 10.1 Å². The van der Waals surface area contributed by atoms with Crippen LogP contribution in [0, 0.1) is 0 Å². The smallest absolute Gasteiger partial charge is 0.411 e. The van der Waals surface area contributed by atoms with Crippen LogP contribution < -0.4 is 5.32 Å². The number of rotatable bonds is 3. The Bertz CT molecular complexity index is 687. The molecule has 1 N–H and O–H groups in total. The molecule has 25 heavy (non-hydrogen) atoms. The van der Waals surface area contributed by atoms with Crippen LogP contribution in [0.25, 0.3) is 0 Å². The molecule has 2 rings (SSSR count). The minimum absolute atomic E-state index is 0.114. The number of aromatic nitrogens is 1. The quantitative estimate of drug-likeness (QED) is 0.846. The van der Waals surface area contributed by atoms with Crippen LogP contribution in [0.1, 0.15) is 44.6 Å². The zero-order valence-electron chi connectivity index (χ0n) is 14.7. The summed E-state index contributed by atoms with van der Waals surface area (Å²) >= 11 is 0. The maximum absolute atomic E-state index is 13.8. The molecule has 2 heterocycles. The molecule has 8 heteroatoms. The number of ether oxygens (including phenoxy) is 1. The molecule has 1 aromatic rings. The lowest BCUT2D eigenvalue weighted by Gasteiger charge is -2.27. The molecule has 1 fully saturated rings. The molecule has 2 atom stereocenters. The molecule has 1 aromatic heterocycles. The van der Waals surface area contributed by atoms with Gasteiger partial charge in [-0.15, -0.1) is 0 Å². The van der Waals surface area contributed by atoms with Gasteiger partial charge in [0.15, 0.2) is 5.78 Å². The van der Waals surface area contributed by atoms with Crippen molar-refractivity contribution in [2.75, 3.05) is 11.9 Å². The van der Waals surface area contributed by atoms with Crippen LogP contribution in [-0.4, -0.2) is 52.0 Å². The maximum Gasteiger partial charge on any atom is 0.411 e. The van der Waals surface area contributed by atoms with E-state index in [2.05, 4.69) is 10.3 Å². The first kappa shape index (κ1) is 18.8. The van der Waals surface area contributed by atoms with E-state index in [0.717, 1.165) is 4.90 Å². The molecule has 0 aromatic carbocycles. The number of hydrogen-bond donors (Lipinski definition) is 1. The fourth-order valence-electron chi connectivity index (χ4n) is 2.47. The molecule has 0 saturated carbocycles. The summed E-state index contributed by atoms with van der Waals surface area (Å²) in [5, 5.41) is 2.53. The zero-order chi connectivity index (χ0) is 18.8. The molecule has 0 spiro atoms. The Morgan fingerprint density at radius 1 is 1.32 bits per heavy atom. The molecule has 1 saturated heterocycles. The molecular weight excluding hydrogens is 329 g/mol. The number of halogens is 1. The highest BCUT2D eigenvalue weighted by atomic mass is 19.1. The van der Waals surface area contributed by atoms with Crippen LogP contribution in [0.2, 0.25) is 0 Å². The molecule has 7 nitrogen and oxygen atoms in total. The summed E-state index contributed by atoms with van der Waals surface area (Å²) in [5.41, 5.74) is -0.541. The molecule has 0 aliphatic carbocycles. The van der Waals surface area contributed by atoms with E-state index in [-0.39, 0.29) is 30.3 Å². The van der Waals surface area contributed by atoms with Crippen LogP contribution in [0.4, 0.5) is 15.0 Å². The van der Waals surface area contributed by atoms with Gasteiger partial charge in [0.05, 0.1) is 6.54 Å². The Kier molecular flexibility index (Phi) is 5.39. The van der Waals surface area contributed by atoms with Gasteiger partial charge >= 0.3 is 6.09 Å². The van der Waals surface area contributed by atoms with Crippen LogP contribution in [0.3, 0.4) is 0 Å². The molecule has 0 unspecified atom stereocenters. The Morgan fingerprint density at radius 3 is 2.60 bits per heavy atom. The maximum atomic E-state index is 13.8. The van der Waals surface area contributed by atoms with Crippen molar-refractivity contribution in [3.05, 3.63) is 23.9 Å². The van der Waals surface area contributed by atoms with Crippen LogP contribution in [-0.2, 0) is 9.53 Å². The third-order valence-electron chi connectivity index (χ3n) is 3.54. The lowest BCUT2D eigenvalue weighted by molar-refractivity contribution is -0.120. The normalized spacial score (nSPS) is 20.3. The second kappa shape index (κ2) is 7.16. The van der Waals surface area contributed by atoms with Crippen LogP contribution in [0.15, 0.2) is 18.2 Å². The van der Waals surface area contributed by atoms with E-state index < -0.39 is 29.8 Å². The summed E-state index contributed by atoms with van der Waals surface area (Å²) in [5.74, 6) is -0.639. The van der Waals surface area contributed by atoms with Gasteiger partial charge in [0.2, 0.25) is 5.91 Å². The summed E-state index contributed by atoms with van der Waals surface area (Å²) in [6, 6.07) is 3.63. The second-order valence-corrected chi connectivity index (χ2v) is 6.93. The zero-order valence-corrected chi connectivity index (χ0v) is 14.7. The SMILES string of the molecule is CC(=O)c1cccc(NC(=O)[C@@H]2C[C@@H](F)CN2C(=O)OC(C)(C)C)n1. The van der Waals surface area contributed by atoms with Crippen molar-refractivity contribution in [3.8, 4) is 0 Å². The lowest BCUT2D eigenvalue weighted by atomic mass is 10.2. The Hall–Kier alpha value is -2.51. The lowest BCUT2D eigenvalue weighted by Crippen LogP contribution is -2.45.